The lowest BCUT2D eigenvalue weighted by molar-refractivity contribution is -0.151. The van der Waals surface area contributed by atoms with Crippen molar-refractivity contribution in [2.24, 2.45) is 0 Å². The highest BCUT2D eigenvalue weighted by Crippen LogP contribution is 1.95. The number of carbonyl (C=O) groups excluding carboxylic acids is 2. The van der Waals surface area contributed by atoms with Crippen molar-refractivity contribution in [2.45, 2.75) is 39.0 Å². The van der Waals surface area contributed by atoms with Crippen molar-refractivity contribution in [3.63, 3.8) is 0 Å². The maximum Gasteiger partial charge on any atom is 0.372 e. The number of ether oxygens (including phenoxy) is 9. The summed E-state index contributed by atoms with van der Waals surface area (Å²) >= 11 is 0. The van der Waals surface area contributed by atoms with E-state index in [1.54, 1.807) is 0 Å². The number of hydrogen-bond acceptors (Lipinski definition) is 12. The van der Waals surface area contributed by atoms with Gasteiger partial charge in [-0.2, -0.15) is 0 Å². The molecule has 0 unspecified atom stereocenters. The molecule has 0 aromatic heterocycles. The van der Waals surface area contributed by atoms with Gasteiger partial charge in [0.1, 0.15) is 6.61 Å². The summed E-state index contributed by atoms with van der Waals surface area (Å²) in [4.78, 5) is 32.6. The first-order valence-electron chi connectivity index (χ1n) is 13.6. The third kappa shape index (κ3) is 30.7. The van der Waals surface area contributed by atoms with E-state index in [9.17, 15) is 14.4 Å². The van der Waals surface area contributed by atoms with Gasteiger partial charge in [-0.15, -0.1) is 0 Å². The number of Topliss-reactive ketones (excluding diaryl/α,β-unsaturated/α-hetero) is 1. The highest BCUT2D eigenvalue weighted by molar-refractivity contribution is 6.32. The Balaban J connectivity index is 3.13. The zero-order valence-electron chi connectivity index (χ0n) is 23.4. The van der Waals surface area contributed by atoms with E-state index in [4.69, 9.17) is 47.7 Å². The van der Waals surface area contributed by atoms with Crippen LogP contribution in [-0.2, 0) is 57.0 Å². The van der Waals surface area contributed by atoms with Gasteiger partial charge in [-0.3, -0.25) is 9.59 Å². The number of hydrogen-bond donors (Lipinski definition) is 1. The van der Waals surface area contributed by atoms with Crippen molar-refractivity contribution in [1.29, 1.82) is 0 Å². The summed E-state index contributed by atoms with van der Waals surface area (Å²) in [6.07, 6.45) is 2.86. The average Bonchev–Trinajstić information content (AvgIpc) is 2.93. The zero-order chi connectivity index (χ0) is 28.7. The molecule has 0 aliphatic heterocycles. The summed E-state index contributed by atoms with van der Waals surface area (Å²) in [6.45, 7) is 9.89. The molecule has 0 fully saturated rings. The van der Waals surface area contributed by atoms with E-state index in [1.165, 1.54) is 12.8 Å². The van der Waals surface area contributed by atoms with Gasteiger partial charge < -0.3 is 47.7 Å². The van der Waals surface area contributed by atoms with Crippen LogP contribution in [0.1, 0.15) is 39.0 Å². The van der Waals surface area contributed by atoms with Gasteiger partial charge in [0.05, 0.1) is 106 Å². The standard InChI is InChI=1S/C26H48O13/c1-2-3-4-7-31-8-9-32-10-11-33-12-13-34-14-15-35-16-17-36-18-19-37-20-21-38-22-23-39-25(28)6-5-24(27)26(29)30/h2-23H2,1H3,(H,29,30). The van der Waals surface area contributed by atoms with Crippen LogP contribution in [0.4, 0.5) is 0 Å². The summed E-state index contributed by atoms with van der Waals surface area (Å²) in [5.74, 6) is -3.22. The van der Waals surface area contributed by atoms with Crippen LogP contribution in [0.15, 0.2) is 0 Å². The van der Waals surface area contributed by atoms with Crippen molar-refractivity contribution >= 4 is 17.7 Å². The Morgan fingerprint density at radius 3 is 1.13 bits per heavy atom. The third-order valence-corrected chi connectivity index (χ3v) is 4.78. The molecule has 1 N–H and O–H groups in total. The van der Waals surface area contributed by atoms with Crippen molar-refractivity contribution < 1.29 is 62.1 Å². The predicted molar refractivity (Wildman–Crippen MR) is 139 cm³/mol. The highest BCUT2D eigenvalue weighted by Gasteiger charge is 2.14. The molecule has 0 saturated carbocycles. The molecule has 0 amide bonds. The molecule has 0 bridgehead atoms. The highest BCUT2D eigenvalue weighted by atomic mass is 16.6. The fourth-order valence-electron chi connectivity index (χ4n) is 2.70. The normalized spacial score (nSPS) is 11.1. The van der Waals surface area contributed by atoms with Gasteiger partial charge in [0, 0.05) is 13.0 Å². The van der Waals surface area contributed by atoms with E-state index in [0.717, 1.165) is 13.0 Å². The molecule has 0 aromatic carbocycles. The number of carboxylic acid groups (broad SMARTS) is 1. The summed E-state index contributed by atoms with van der Waals surface area (Å²) in [5.41, 5.74) is 0. The minimum Gasteiger partial charge on any atom is -0.476 e. The van der Waals surface area contributed by atoms with E-state index in [2.05, 4.69) is 6.92 Å². The lowest BCUT2D eigenvalue weighted by atomic mass is 10.2. The average molecular weight is 569 g/mol. The number of unbranched alkanes of at least 4 members (excludes halogenated alkanes) is 2. The summed E-state index contributed by atoms with van der Waals surface area (Å²) in [5, 5.41) is 8.42. The van der Waals surface area contributed by atoms with Gasteiger partial charge in [-0.1, -0.05) is 19.8 Å². The largest absolute Gasteiger partial charge is 0.476 e. The Hall–Kier alpha value is -1.71. The van der Waals surface area contributed by atoms with Crippen molar-refractivity contribution in [2.75, 3.05) is 112 Å². The monoisotopic (exact) mass is 568 g/mol. The van der Waals surface area contributed by atoms with Crippen LogP contribution in [0.25, 0.3) is 0 Å². The summed E-state index contributed by atoms with van der Waals surface area (Å²) in [7, 11) is 0. The first-order valence-corrected chi connectivity index (χ1v) is 13.6. The molecule has 0 aliphatic carbocycles. The maximum atomic E-state index is 11.3. The molecular weight excluding hydrogens is 520 g/mol. The van der Waals surface area contributed by atoms with Gasteiger partial charge in [0.15, 0.2) is 0 Å². The molecule has 13 nitrogen and oxygen atoms in total. The Kier molecular flexibility index (Phi) is 29.5. The molecule has 230 valence electrons. The molecule has 0 aromatic rings. The van der Waals surface area contributed by atoms with Crippen LogP contribution in [0.3, 0.4) is 0 Å². The van der Waals surface area contributed by atoms with Crippen molar-refractivity contribution in [1.82, 2.24) is 0 Å². The smallest absolute Gasteiger partial charge is 0.372 e. The van der Waals surface area contributed by atoms with E-state index < -0.39 is 17.7 Å². The van der Waals surface area contributed by atoms with Crippen LogP contribution < -0.4 is 0 Å². The number of carbonyl (C=O) groups is 3. The molecule has 0 radical (unpaired) electrons. The van der Waals surface area contributed by atoms with Gasteiger partial charge >= 0.3 is 11.9 Å². The molecule has 0 saturated heterocycles. The van der Waals surface area contributed by atoms with Crippen molar-refractivity contribution in [3.8, 4) is 0 Å². The first-order chi connectivity index (χ1) is 19.1. The number of ketones is 1. The van der Waals surface area contributed by atoms with E-state index >= 15 is 0 Å². The van der Waals surface area contributed by atoms with Crippen LogP contribution >= 0.6 is 0 Å². The van der Waals surface area contributed by atoms with E-state index in [-0.39, 0.29) is 26.1 Å². The summed E-state index contributed by atoms with van der Waals surface area (Å²) < 4.78 is 48.0. The molecule has 0 aliphatic rings. The molecule has 0 atom stereocenters. The second kappa shape index (κ2) is 30.8. The van der Waals surface area contributed by atoms with Crippen molar-refractivity contribution in [3.05, 3.63) is 0 Å². The lowest BCUT2D eigenvalue weighted by Gasteiger charge is -2.09. The molecule has 0 spiro atoms. The van der Waals surface area contributed by atoms with Crippen LogP contribution in [0.2, 0.25) is 0 Å². The van der Waals surface area contributed by atoms with Crippen LogP contribution in [0.5, 0.6) is 0 Å². The number of carboxylic acids is 1. The second-order valence-electron chi connectivity index (χ2n) is 8.05. The zero-order valence-corrected chi connectivity index (χ0v) is 23.4. The number of esters is 1. The Bertz CT molecular complexity index is 574. The molecule has 13 heteroatoms. The minimum absolute atomic E-state index is 0.0212. The van der Waals surface area contributed by atoms with E-state index in [0.29, 0.717) is 92.5 Å². The molecular formula is C26H48O13. The first kappa shape index (κ1) is 37.3. The predicted octanol–water partition coefficient (Wildman–Crippen LogP) is 1.29. The minimum atomic E-state index is -1.56. The fourth-order valence-corrected chi connectivity index (χ4v) is 2.70. The van der Waals surface area contributed by atoms with Gasteiger partial charge in [0.2, 0.25) is 5.78 Å². The van der Waals surface area contributed by atoms with Gasteiger partial charge in [-0.05, 0) is 6.42 Å². The third-order valence-electron chi connectivity index (χ3n) is 4.78. The maximum absolute atomic E-state index is 11.3. The molecule has 0 heterocycles. The van der Waals surface area contributed by atoms with Crippen LogP contribution in [0, 0.1) is 0 Å². The van der Waals surface area contributed by atoms with Crippen LogP contribution in [-0.4, -0.2) is 135 Å². The number of aliphatic carboxylic acids is 1. The Morgan fingerprint density at radius 1 is 0.462 bits per heavy atom. The summed E-state index contributed by atoms with van der Waals surface area (Å²) in [6, 6.07) is 0. The Labute approximate surface area is 231 Å². The molecule has 39 heavy (non-hydrogen) atoms. The topological polar surface area (TPSA) is 155 Å². The fraction of sp³-hybridized carbons (Fsp3) is 0.885. The lowest BCUT2D eigenvalue weighted by Crippen LogP contribution is -2.17. The quantitative estimate of drug-likeness (QED) is 0.0704. The van der Waals surface area contributed by atoms with Gasteiger partial charge in [0.25, 0.3) is 0 Å². The second-order valence-corrected chi connectivity index (χ2v) is 8.05. The van der Waals surface area contributed by atoms with E-state index in [1.807, 2.05) is 0 Å². The Morgan fingerprint density at radius 2 is 0.795 bits per heavy atom. The van der Waals surface area contributed by atoms with Gasteiger partial charge in [-0.25, -0.2) is 4.79 Å². The number of rotatable bonds is 32. The SMILES string of the molecule is CCCCCOCCOCCOCCOCCOCCOCCOCCOCCOC(=O)CCC(=O)C(=O)O. The molecule has 0 rings (SSSR count).